The minimum atomic E-state index is -0.820. The lowest BCUT2D eigenvalue weighted by Gasteiger charge is -2.19. The molecule has 9 aromatic rings. The van der Waals surface area contributed by atoms with E-state index in [0.717, 1.165) is 16.6 Å². The lowest BCUT2D eigenvalue weighted by Crippen LogP contribution is -1.97. The summed E-state index contributed by atoms with van der Waals surface area (Å²) < 4.78 is 154. The summed E-state index contributed by atoms with van der Waals surface area (Å²) >= 11 is 0. The fourth-order valence-corrected chi connectivity index (χ4v) is 5.96. The molecule has 0 atom stereocenters. The van der Waals surface area contributed by atoms with E-state index in [2.05, 4.69) is 0 Å². The average molecular weight is 616 g/mol. The van der Waals surface area contributed by atoms with Crippen LogP contribution in [0.15, 0.2) is 182 Å². The second-order valence-corrected chi connectivity index (χ2v) is 10.7. The Morgan fingerprint density at radius 2 is 1.00 bits per heavy atom. The number of rotatable bonds is 5. The molecule has 0 N–H and O–H groups in total. The van der Waals surface area contributed by atoms with E-state index < -0.39 is 147 Å². The summed E-state index contributed by atoms with van der Waals surface area (Å²) in [6, 6.07) is 10.7. The molecular formula is C45H30N2. The van der Waals surface area contributed by atoms with Crippen LogP contribution in [0.2, 0.25) is 0 Å². The van der Waals surface area contributed by atoms with Crippen LogP contribution in [0.25, 0.3) is 83.0 Å². The Morgan fingerprint density at radius 3 is 1.68 bits per heavy atom. The van der Waals surface area contributed by atoms with E-state index in [4.69, 9.17) is 21.4 Å². The Hall–Kier alpha value is -6.25. The first-order valence-electron chi connectivity index (χ1n) is 23.2. The molecule has 47 heavy (non-hydrogen) atoms. The van der Waals surface area contributed by atoms with Gasteiger partial charge >= 0.3 is 0 Å². The van der Waals surface area contributed by atoms with Gasteiger partial charge in [0.25, 0.3) is 0 Å². The molecule has 0 fully saturated rings. The molecule has 1 heterocycles. The van der Waals surface area contributed by atoms with Gasteiger partial charge in [-0.15, -0.1) is 0 Å². The van der Waals surface area contributed by atoms with E-state index >= 15 is 0 Å². The lowest BCUT2D eigenvalue weighted by atomic mass is 9.85. The molecular weight excluding hydrogens is 569 g/mol. The lowest BCUT2D eigenvalue weighted by molar-refractivity contribution is 1.10. The normalized spacial score (nSPS) is 16.5. The van der Waals surface area contributed by atoms with Gasteiger partial charge < -0.3 is 0 Å². The number of hydrogen-bond donors (Lipinski definition) is 0. The average Bonchev–Trinajstić information content (AvgIpc) is 3.69. The molecule has 2 heteroatoms. The molecule has 0 aliphatic carbocycles. The van der Waals surface area contributed by atoms with Crippen LogP contribution < -0.4 is 0 Å². The molecule has 0 aliphatic heterocycles. The van der Waals surface area contributed by atoms with Gasteiger partial charge in [0.05, 0.1) is 34.3 Å². The zero-order valence-electron chi connectivity index (χ0n) is 41.4. The molecule has 0 saturated heterocycles. The van der Waals surface area contributed by atoms with Crippen molar-refractivity contribution in [2.75, 3.05) is 0 Å². The second kappa shape index (κ2) is 11.3. The van der Waals surface area contributed by atoms with Gasteiger partial charge in [-0.25, -0.2) is 4.98 Å². The van der Waals surface area contributed by atoms with E-state index in [1.807, 2.05) is 59.2 Å². The SMILES string of the molecule is [2H]c1c([2H])c([2H])c(-c2c3c([2H])c([2H])c([2H])c([2H])c3c(-c3c([2H])c([2H])c([2H])c([2H])c3[2H])c3c([2H])c(-c4ccc(-n5c(-c6ccccc6)nc6ccccc65)cc4)c([2H])c([2H])c23)c([2H])c1[2H]. The molecule has 8 aromatic carbocycles. The van der Waals surface area contributed by atoms with Crippen molar-refractivity contribution in [3.05, 3.63) is 182 Å². The van der Waals surface area contributed by atoms with Crippen LogP contribution in [0, 0.1) is 0 Å². The van der Waals surface area contributed by atoms with Crippen LogP contribution in [0.1, 0.15) is 23.3 Å². The first-order valence-corrected chi connectivity index (χ1v) is 14.7. The number of benzene rings is 8. The predicted molar refractivity (Wildman–Crippen MR) is 198 cm³/mol. The molecule has 0 aliphatic rings. The fraction of sp³-hybridized carbons (Fsp3) is 0. The zero-order chi connectivity index (χ0) is 46.0. The molecule has 0 bridgehead atoms. The molecule has 0 amide bonds. The number of imidazole rings is 1. The Bertz CT molecular complexity index is 3450. The quantitative estimate of drug-likeness (QED) is 0.176. The molecule has 0 saturated carbocycles. The van der Waals surface area contributed by atoms with Gasteiger partial charge in [0.15, 0.2) is 0 Å². The van der Waals surface area contributed by atoms with E-state index in [0.29, 0.717) is 11.5 Å². The van der Waals surface area contributed by atoms with Gasteiger partial charge in [0, 0.05) is 11.3 Å². The maximum Gasteiger partial charge on any atom is 0.145 e. The highest BCUT2D eigenvalue weighted by atomic mass is 15.1. The van der Waals surface area contributed by atoms with Crippen LogP contribution in [-0.2, 0) is 0 Å². The van der Waals surface area contributed by atoms with Crippen LogP contribution >= 0.6 is 0 Å². The summed E-state index contributed by atoms with van der Waals surface area (Å²) in [4.78, 5) is 4.89. The summed E-state index contributed by atoms with van der Waals surface area (Å²) in [5.74, 6) is 0.635. The molecule has 9 rings (SSSR count). The van der Waals surface area contributed by atoms with E-state index in [-0.39, 0.29) is 11.1 Å². The van der Waals surface area contributed by atoms with Crippen molar-refractivity contribution in [1.29, 1.82) is 0 Å². The minimum absolute atomic E-state index is 0.177. The second-order valence-electron chi connectivity index (χ2n) is 10.7. The van der Waals surface area contributed by atoms with E-state index in [9.17, 15) is 6.85 Å². The highest BCUT2D eigenvalue weighted by Gasteiger charge is 2.18. The Labute approximate surface area is 297 Å². The number of fused-ring (bicyclic) bond motifs is 3. The summed E-state index contributed by atoms with van der Waals surface area (Å²) in [5.41, 5.74) is 0.922. The van der Waals surface area contributed by atoms with Gasteiger partial charge in [-0.2, -0.15) is 0 Å². The summed E-state index contributed by atoms with van der Waals surface area (Å²) in [5, 5.41) is -1.88. The van der Waals surface area contributed by atoms with Crippen LogP contribution in [-0.4, -0.2) is 9.55 Å². The standard InChI is InChI=1S/C45H30N2/c1-4-14-32(15-5-1)43-37-20-10-11-21-38(37)44(33-16-6-2-7-17-33)40-30-35(26-29-39(40)43)31-24-27-36(28-25-31)47-42-23-13-12-22-41(42)46-45(47)34-18-8-3-9-19-34/h1-30H/i1D,2D,4D,5D,6D,7D,10D,11D,14D,15D,16D,17D,20D,21D,26D,29D,30D. The fourth-order valence-electron chi connectivity index (χ4n) is 5.96. The van der Waals surface area contributed by atoms with Crippen LogP contribution in [0.3, 0.4) is 0 Å². The summed E-state index contributed by atoms with van der Waals surface area (Å²) in [7, 11) is 0. The van der Waals surface area contributed by atoms with Gasteiger partial charge in [-0.1, -0.05) is 151 Å². The number of hydrogen-bond acceptors (Lipinski definition) is 1. The summed E-state index contributed by atoms with van der Waals surface area (Å²) in [6.45, 7) is 0. The smallest absolute Gasteiger partial charge is 0.145 e. The first kappa shape index (κ1) is 14.9. The molecule has 2 nitrogen and oxygen atoms in total. The van der Waals surface area contributed by atoms with Crippen molar-refractivity contribution in [2.45, 2.75) is 0 Å². The van der Waals surface area contributed by atoms with Gasteiger partial charge in [0.2, 0.25) is 0 Å². The van der Waals surface area contributed by atoms with E-state index in [1.54, 1.807) is 24.3 Å². The van der Waals surface area contributed by atoms with E-state index in [1.165, 1.54) is 0 Å². The Morgan fingerprint density at radius 1 is 0.426 bits per heavy atom. The first-order chi connectivity index (χ1) is 30.4. The topological polar surface area (TPSA) is 17.8 Å². The maximum atomic E-state index is 9.96. The minimum Gasteiger partial charge on any atom is -0.292 e. The Kier molecular flexibility index (Phi) is 3.57. The third-order valence-corrected chi connectivity index (χ3v) is 8.01. The molecule has 0 spiro atoms. The largest absolute Gasteiger partial charge is 0.292 e. The van der Waals surface area contributed by atoms with Crippen LogP contribution in [0.5, 0.6) is 0 Å². The van der Waals surface area contributed by atoms with Gasteiger partial charge in [-0.05, 0) is 85.2 Å². The number of para-hydroxylation sites is 2. The van der Waals surface area contributed by atoms with Crippen molar-refractivity contribution in [3.63, 3.8) is 0 Å². The predicted octanol–water partition coefficient (Wildman–Crippen LogP) is 12.0. The van der Waals surface area contributed by atoms with Crippen molar-refractivity contribution < 1.29 is 23.3 Å². The third kappa shape index (κ3) is 4.62. The molecule has 220 valence electrons. The molecule has 1 aromatic heterocycles. The molecule has 0 radical (unpaired) electrons. The van der Waals surface area contributed by atoms with Crippen molar-refractivity contribution >= 4 is 32.6 Å². The van der Waals surface area contributed by atoms with Crippen molar-refractivity contribution in [1.82, 2.24) is 9.55 Å². The van der Waals surface area contributed by atoms with Gasteiger partial charge in [-0.3, -0.25) is 4.57 Å². The molecule has 0 unspecified atom stereocenters. The monoisotopic (exact) mass is 615 g/mol. The van der Waals surface area contributed by atoms with Crippen molar-refractivity contribution in [2.24, 2.45) is 0 Å². The number of aromatic nitrogens is 2. The van der Waals surface area contributed by atoms with Crippen molar-refractivity contribution in [3.8, 4) is 50.5 Å². The van der Waals surface area contributed by atoms with Gasteiger partial charge in [0.1, 0.15) is 5.82 Å². The Balaban J connectivity index is 1.47. The summed E-state index contributed by atoms with van der Waals surface area (Å²) in [6.07, 6.45) is 0. The number of nitrogens with zero attached hydrogens (tertiary/aromatic N) is 2. The van der Waals surface area contributed by atoms with Crippen LogP contribution in [0.4, 0.5) is 0 Å². The highest BCUT2D eigenvalue weighted by molar-refractivity contribution is 6.21. The zero-order valence-corrected chi connectivity index (χ0v) is 24.4. The highest BCUT2D eigenvalue weighted by Crippen LogP contribution is 2.44. The maximum absolute atomic E-state index is 9.96. The third-order valence-electron chi connectivity index (χ3n) is 8.01.